The second-order valence-electron chi connectivity index (χ2n) is 6.46. The number of benzene rings is 1. The predicted molar refractivity (Wildman–Crippen MR) is 113 cm³/mol. The summed E-state index contributed by atoms with van der Waals surface area (Å²) in [4.78, 5) is 11.4. The Morgan fingerprint density at radius 1 is 0.800 bits per heavy atom. The zero-order chi connectivity index (χ0) is 18.3. The molecular weight excluding hydrogens is 427 g/mol. The lowest BCUT2D eigenvalue weighted by atomic mass is 10.1. The SMILES string of the molecule is CCCCCCCOc1cc(C=O)c(OCCCCCCC)cc1I. The Kier molecular flexibility index (Phi) is 12.8. The van der Waals surface area contributed by atoms with Crippen molar-refractivity contribution in [3.8, 4) is 11.5 Å². The molecule has 0 saturated carbocycles. The first-order chi connectivity index (χ1) is 12.2. The number of carbonyl (C=O) groups is 1. The largest absolute Gasteiger partial charge is 0.493 e. The monoisotopic (exact) mass is 460 g/mol. The Bertz CT molecular complexity index is 488. The molecular formula is C21H33IO3. The summed E-state index contributed by atoms with van der Waals surface area (Å²) in [5, 5.41) is 0. The molecule has 1 aromatic rings. The number of unbranched alkanes of at least 4 members (excludes halogenated alkanes) is 8. The second kappa shape index (κ2) is 14.4. The Balaban J connectivity index is 2.45. The normalized spacial score (nSPS) is 10.7. The molecule has 0 bridgehead atoms. The maximum atomic E-state index is 11.4. The van der Waals surface area contributed by atoms with E-state index in [4.69, 9.17) is 9.47 Å². The van der Waals surface area contributed by atoms with Crippen LogP contribution in [-0.2, 0) is 0 Å². The maximum Gasteiger partial charge on any atom is 0.153 e. The van der Waals surface area contributed by atoms with E-state index in [2.05, 4.69) is 36.4 Å². The molecule has 0 aliphatic carbocycles. The van der Waals surface area contributed by atoms with Gasteiger partial charge in [0.1, 0.15) is 11.5 Å². The minimum atomic E-state index is 0.579. The van der Waals surface area contributed by atoms with Crippen molar-refractivity contribution in [2.24, 2.45) is 0 Å². The summed E-state index contributed by atoms with van der Waals surface area (Å²) in [6.45, 7) is 5.80. The van der Waals surface area contributed by atoms with Crippen LogP contribution >= 0.6 is 22.6 Å². The van der Waals surface area contributed by atoms with Crippen LogP contribution in [0, 0.1) is 3.57 Å². The first-order valence-electron chi connectivity index (χ1n) is 9.77. The van der Waals surface area contributed by atoms with Crippen LogP contribution in [0.2, 0.25) is 0 Å². The van der Waals surface area contributed by atoms with Crippen molar-refractivity contribution in [2.45, 2.75) is 78.1 Å². The van der Waals surface area contributed by atoms with Gasteiger partial charge in [-0.15, -0.1) is 0 Å². The molecule has 0 aliphatic rings. The standard InChI is InChI=1S/C21H33IO3/c1-3-5-7-9-11-13-24-20-16-19(22)21(15-18(20)17-23)25-14-12-10-8-6-4-2/h15-17H,3-14H2,1-2H3. The molecule has 0 fully saturated rings. The van der Waals surface area contributed by atoms with Gasteiger partial charge in [-0.25, -0.2) is 0 Å². The van der Waals surface area contributed by atoms with Crippen LogP contribution in [0.3, 0.4) is 0 Å². The quantitative estimate of drug-likeness (QED) is 0.164. The van der Waals surface area contributed by atoms with Crippen LogP contribution in [0.5, 0.6) is 11.5 Å². The van der Waals surface area contributed by atoms with Crippen LogP contribution in [-0.4, -0.2) is 19.5 Å². The van der Waals surface area contributed by atoms with E-state index in [0.29, 0.717) is 24.5 Å². The average Bonchev–Trinajstić information content (AvgIpc) is 2.62. The highest BCUT2D eigenvalue weighted by Crippen LogP contribution is 2.30. The Labute approximate surface area is 167 Å². The van der Waals surface area contributed by atoms with Gasteiger partial charge < -0.3 is 9.47 Å². The summed E-state index contributed by atoms with van der Waals surface area (Å²) in [5.41, 5.74) is 0.579. The van der Waals surface area contributed by atoms with Crippen molar-refractivity contribution in [1.82, 2.24) is 0 Å². The van der Waals surface area contributed by atoms with Crippen LogP contribution < -0.4 is 9.47 Å². The molecule has 0 spiro atoms. The third kappa shape index (κ3) is 9.47. The second-order valence-corrected chi connectivity index (χ2v) is 7.63. The van der Waals surface area contributed by atoms with Gasteiger partial charge in [-0.05, 0) is 47.6 Å². The summed E-state index contributed by atoms with van der Waals surface area (Å²) < 4.78 is 12.7. The molecule has 0 amide bonds. The van der Waals surface area contributed by atoms with Crippen LogP contribution in [0.1, 0.15) is 88.4 Å². The molecule has 0 radical (unpaired) electrons. The fourth-order valence-electron chi connectivity index (χ4n) is 2.65. The molecule has 0 aliphatic heterocycles. The van der Waals surface area contributed by atoms with Gasteiger partial charge in [-0.3, -0.25) is 4.79 Å². The van der Waals surface area contributed by atoms with Crippen molar-refractivity contribution in [3.63, 3.8) is 0 Å². The molecule has 1 aromatic carbocycles. The number of ether oxygens (including phenoxy) is 2. The lowest BCUT2D eigenvalue weighted by molar-refractivity contribution is 0.111. The van der Waals surface area contributed by atoms with E-state index in [1.165, 1.54) is 51.4 Å². The van der Waals surface area contributed by atoms with E-state index in [1.54, 1.807) is 0 Å². The molecule has 142 valence electrons. The molecule has 4 heteroatoms. The van der Waals surface area contributed by atoms with Crippen LogP contribution in [0.25, 0.3) is 0 Å². The molecule has 0 aromatic heterocycles. The lowest BCUT2D eigenvalue weighted by Crippen LogP contribution is -2.03. The van der Waals surface area contributed by atoms with Gasteiger partial charge in [0.25, 0.3) is 0 Å². The number of halogens is 1. The van der Waals surface area contributed by atoms with Gasteiger partial charge in [-0.2, -0.15) is 0 Å². The minimum Gasteiger partial charge on any atom is -0.493 e. The molecule has 0 N–H and O–H groups in total. The van der Waals surface area contributed by atoms with Crippen molar-refractivity contribution in [3.05, 3.63) is 21.3 Å². The summed E-state index contributed by atoms with van der Waals surface area (Å²) in [6.07, 6.45) is 12.9. The molecule has 1 rings (SSSR count). The van der Waals surface area contributed by atoms with Gasteiger partial charge in [0.15, 0.2) is 6.29 Å². The smallest absolute Gasteiger partial charge is 0.153 e. The highest BCUT2D eigenvalue weighted by molar-refractivity contribution is 14.1. The van der Waals surface area contributed by atoms with E-state index in [9.17, 15) is 4.79 Å². The number of hydrogen-bond acceptors (Lipinski definition) is 3. The number of aldehydes is 1. The number of hydrogen-bond donors (Lipinski definition) is 0. The first kappa shape index (κ1) is 22.3. The van der Waals surface area contributed by atoms with E-state index < -0.39 is 0 Å². The topological polar surface area (TPSA) is 35.5 Å². The predicted octanol–water partition coefficient (Wildman–Crippen LogP) is 6.80. The molecule has 0 heterocycles. The van der Waals surface area contributed by atoms with Crippen LogP contribution in [0.15, 0.2) is 12.1 Å². The Morgan fingerprint density at radius 3 is 1.84 bits per heavy atom. The summed E-state index contributed by atoms with van der Waals surface area (Å²) in [7, 11) is 0. The number of carbonyl (C=O) groups excluding carboxylic acids is 1. The van der Waals surface area contributed by atoms with E-state index >= 15 is 0 Å². The highest BCUT2D eigenvalue weighted by atomic mass is 127. The summed E-state index contributed by atoms with van der Waals surface area (Å²) in [6, 6.07) is 3.73. The van der Waals surface area contributed by atoms with Gasteiger partial charge >= 0.3 is 0 Å². The average molecular weight is 460 g/mol. The Hall–Kier alpha value is -0.780. The molecule has 25 heavy (non-hydrogen) atoms. The lowest BCUT2D eigenvalue weighted by Gasteiger charge is -2.13. The van der Waals surface area contributed by atoms with Gasteiger partial charge in [0.2, 0.25) is 0 Å². The van der Waals surface area contributed by atoms with E-state index in [0.717, 1.165) is 28.4 Å². The fraction of sp³-hybridized carbons (Fsp3) is 0.667. The third-order valence-electron chi connectivity index (χ3n) is 4.20. The molecule has 0 atom stereocenters. The zero-order valence-electron chi connectivity index (χ0n) is 15.8. The highest BCUT2D eigenvalue weighted by Gasteiger charge is 2.10. The zero-order valence-corrected chi connectivity index (χ0v) is 18.0. The van der Waals surface area contributed by atoms with Crippen molar-refractivity contribution in [2.75, 3.05) is 13.2 Å². The van der Waals surface area contributed by atoms with Gasteiger partial charge in [0, 0.05) is 0 Å². The molecule has 3 nitrogen and oxygen atoms in total. The summed E-state index contributed by atoms with van der Waals surface area (Å²) >= 11 is 2.25. The third-order valence-corrected chi connectivity index (χ3v) is 5.05. The maximum absolute atomic E-state index is 11.4. The van der Waals surface area contributed by atoms with Gasteiger partial charge in [0.05, 0.1) is 22.3 Å². The molecule has 0 unspecified atom stereocenters. The van der Waals surface area contributed by atoms with Crippen LogP contribution in [0.4, 0.5) is 0 Å². The van der Waals surface area contributed by atoms with E-state index in [-0.39, 0.29) is 0 Å². The minimum absolute atomic E-state index is 0.579. The van der Waals surface area contributed by atoms with E-state index in [1.807, 2.05) is 12.1 Å². The first-order valence-corrected chi connectivity index (χ1v) is 10.8. The fourth-order valence-corrected chi connectivity index (χ4v) is 3.25. The number of rotatable bonds is 15. The summed E-state index contributed by atoms with van der Waals surface area (Å²) in [5.74, 6) is 1.46. The van der Waals surface area contributed by atoms with Crippen molar-refractivity contribution in [1.29, 1.82) is 0 Å². The Morgan fingerprint density at radius 2 is 1.32 bits per heavy atom. The van der Waals surface area contributed by atoms with Gasteiger partial charge in [-0.1, -0.05) is 65.2 Å². The van der Waals surface area contributed by atoms with Crippen molar-refractivity contribution < 1.29 is 14.3 Å². The van der Waals surface area contributed by atoms with Crippen molar-refractivity contribution >= 4 is 28.9 Å². The molecule has 0 saturated heterocycles.